The van der Waals surface area contributed by atoms with E-state index in [9.17, 15) is 14.7 Å². The van der Waals surface area contributed by atoms with E-state index in [2.05, 4.69) is 4.98 Å². The molecule has 0 bridgehead atoms. The second kappa shape index (κ2) is 8.05. The summed E-state index contributed by atoms with van der Waals surface area (Å²) >= 11 is 0. The minimum atomic E-state index is -0.301. The first-order valence-corrected chi connectivity index (χ1v) is 8.69. The Morgan fingerprint density at radius 2 is 1.96 bits per heavy atom. The lowest BCUT2D eigenvalue weighted by Gasteiger charge is -2.22. The van der Waals surface area contributed by atoms with Gasteiger partial charge in [0.2, 0.25) is 0 Å². The Kier molecular flexibility index (Phi) is 5.57. The topological polar surface area (TPSA) is 82.6 Å². The molecular formula is C21H22N2O4. The summed E-state index contributed by atoms with van der Waals surface area (Å²) in [6, 6.07) is 14.5. The van der Waals surface area contributed by atoms with E-state index in [0.29, 0.717) is 16.9 Å². The number of ether oxygens (including phenoxy) is 1. The molecular weight excluding hydrogens is 344 g/mol. The van der Waals surface area contributed by atoms with Gasteiger partial charge in [0.25, 0.3) is 11.5 Å². The zero-order valence-corrected chi connectivity index (χ0v) is 15.4. The first-order chi connectivity index (χ1) is 13.0. The highest BCUT2D eigenvalue weighted by Gasteiger charge is 2.20. The van der Waals surface area contributed by atoms with Crippen molar-refractivity contribution in [3.63, 3.8) is 0 Å². The number of aromatic amines is 1. The van der Waals surface area contributed by atoms with E-state index in [1.165, 1.54) is 12.0 Å². The number of rotatable bonds is 6. The fourth-order valence-electron chi connectivity index (χ4n) is 3.06. The van der Waals surface area contributed by atoms with E-state index in [1.807, 2.05) is 25.1 Å². The number of H-pyrrole nitrogens is 1. The van der Waals surface area contributed by atoms with Crippen molar-refractivity contribution in [2.75, 3.05) is 20.3 Å². The number of aromatic nitrogens is 1. The van der Waals surface area contributed by atoms with Gasteiger partial charge in [0, 0.05) is 17.6 Å². The maximum atomic E-state index is 13.0. The van der Waals surface area contributed by atoms with Gasteiger partial charge < -0.3 is 19.7 Å². The molecule has 1 heterocycles. The highest BCUT2D eigenvalue weighted by atomic mass is 16.5. The van der Waals surface area contributed by atoms with Gasteiger partial charge in [-0.2, -0.15) is 0 Å². The first kappa shape index (κ1) is 18.7. The summed E-state index contributed by atoms with van der Waals surface area (Å²) in [5, 5.41) is 10.3. The first-order valence-electron chi connectivity index (χ1n) is 8.69. The molecule has 0 fully saturated rings. The van der Waals surface area contributed by atoms with E-state index >= 15 is 0 Å². The lowest BCUT2D eigenvalue weighted by Crippen LogP contribution is -2.35. The molecule has 0 aliphatic heterocycles. The largest absolute Gasteiger partial charge is 0.496 e. The van der Waals surface area contributed by atoms with Crippen LogP contribution in [0.25, 0.3) is 10.9 Å². The van der Waals surface area contributed by atoms with Gasteiger partial charge in [-0.1, -0.05) is 23.8 Å². The van der Waals surface area contributed by atoms with Crippen molar-refractivity contribution in [1.82, 2.24) is 9.88 Å². The van der Waals surface area contributed by atoms with Gasteiger partial charge >= 0.3 is 0 Å². The molecule has 1 aromatic heterocycles. The van der Waals surface area contributed by atoms with Crippen molar-refractivity contribution < 1.29 is 14.6 Å². The second-order valence-electron chi connectivity index (χ2n) is 6.37. The summed E-state index contributed by atoms with van der Waals surface area (Å²) < 4.78 is 5.26. The average Bonchev–Trinajstić information content (AvgIpc) is 2.67. The SMILES string of the molecule is COc1ccccc1C(=O)N(CCO)Cc1cc2cc(C)ccc2[nH]c1=O. The summed E-state index contributed by atoms with van der Waals surface area (Å²) in [4.78, 5) is 29.7. The Morgan fingerprint density at radius 3 is 2.70 bits per heavy atom. The predicted octanol–water partition coefficient (Wildman–Crippen LogP) is 2.48. The van der Waals surface area contributed by atoms with Gasteiger partial charge in [-0.3, -0.25) is 9.59 Å². The minimum Gasteiger partial charge on any atom is -0.496 e. The molecule has 0 spiro atoms. The zero-order valence-electron chi connectivity index (χ0n) is 15.4. The highest BCUT2D eigenvalue weighted by molar-refractivity contribution is 5.97. The maximum Gasteiger partial charge on any atom is 0.258 e. The van der Waals surface area contributed by atoms with E-state index in [-0.39, 0.29) is 31.2 Å². The van der Waals surface area contributed by atoms with Crippen LogP contribution in [0.4, 0.5) is 0 Å². The average molecular weight is 366 g/mol. The monoisotopic (exact) mass is 366 g/mol. The van der Waals surface area contributed by atoms with E-state index < -0.39 is 0 Å². The molecule has 140 valence electrons. The fourth-order valence-corrected chi connectivity index (χ4v) is 3.06. The number of hydrogen-bond acceptors (Lipinski definition) is 4. The predicted molar refractivity (Wildman–Crippen MR) is 104 cm³/mol. The summed E-state index contributed by atoms with van der Waals surface area (Å²) in [5.74, 6) is 0.152. The third-order valence-corrected chi connectivity index (χ3v) is 4.43. The van der Waals surface area contributed by atoms with Crippen molar-refractivity contribution in [2.45, 2.75) is 13.5 Å². The van der Waals surface area contributed by atoms with Crippen molar-refractivity contribution in [2.24, 2.45) is 0 Å². The molecule has 0 saturated carbocycles. The van der Waals surface area contributed by atoms with Crippen molar-refractivity contribution in [3.8, 4) is 5.75 Å². The third-order valence-electron chi connectivity index (χ3n) is 4.43. The zero-order chi connectivity index (χ0) is 19.4. The van der Waals surface area contributed by atoms with Crippen LogP contribution < -0.4 is 10.3 Å². The molecule has 1 amide bonds. The molecule has 3 rings (SSSR count). The van der Waals surface area contributed by atoms with Crippen LogP contribution in [0.3, 0.4) is 0 Å². The summed E-state index contributed by atoms with van der Waals surface area (Å²) in [6.45, 7) is 1.98. The van der Waals surface area contributed by atoms with Crippen LogP contribution in [0.5, 0.6) is 5.75 Å². The molecule has 2 aromatic carbocycles. The molecule has 3 aromatic rings. The quantitative estimate of drug-likeness (QED) is 0.702. The number of benzene rings is 2. The van der Waals surface area contributed by atoms with Crippen LogP contribution in [-0.4, -0.2) is 41.2 Å². The van der Waals surface area contributed by atoms with Crippen LogP contribution in [0, 0.1) is 6.92 Å². The highest BCUT2D eigenvalue weighted by Crippen LogP contribution is 2.20. The maximum absolute atomic E-state index is 13.0. The Morgan fingerprint density at radius 1 is 1.19 bits per heavy atom. The molecule has 6 nitrogen and oxygen atoms in total. The number of hydrogen-bond donors (Lipinski definition) is 2. The van der Waals surface area contributed by atoms with Crippen LogP contribution in [0.15, 0.2) is 53.3 Å². The lowest BCUT2D eigenvalue weighted by atomic mass is 10.1. The number of nitrogens with zero attached hydrogens (tertiary/aromatic N) is 1. The Hall–Kier alpha value is -3.12. The van der Waals surface area contributed by atoms with Gasteiger partial charge in [0.05, 0.1) is 25.8 Å². The Labute approximate surface area is 157 Å². The molecule has 0 aliphatic carbocycles. The van der Waals surface area contributed by atoms with Crippen molar-refractivity contribution in [3.05, 3.63) is 75.6 Å². The van der Waals surface area contributed by atoms with Gasteiger partial charge in [0.1, 0.15) is 5.75 Å². The Bertz CT molecular complexity index is 1030. The minimum absolute atomic E-state index is 0.0939. The Balaban J connectivity index is 1.97. The van der Waals surface area contributed by atoms with E-state index in [4.69, 9.17) is 4.74 Å². The molecule has 6 heteroatoms. The third kappa shape index (κ3) is 4.01. The number of para-hydroxylation sites is 1. The summed E-state index contributed by atoms with van der Waals surface area (Å²) in [6.07, 6.45) is 0. The fraction of sp³-hybridized carbons (Fsp3) is 0.238. The number of nitrogens with one attached hydrogen (secondary N) is 1. The number of aliphatic hydroxyl groups is 1. The molecule has 0 aliphatic rings. The number of pyridine rings is 1. The van der Waals surface area contributed by atoms with Gasteiger partial charge in [0.15, 0.2) is 0 Å². The molecule has 0 saturated heterocycles. The van der Waals surface area contributed by atoms with Gasteiger partial charge in [-0.15, -0.1) is 0 Å². The van der Waals surface area contributed by atoms with Crippen LogP contribution in [0.2, 0.25) is 0 Å². The number of methoxy groups -OCH3 is 1. The van der Waals surface area contributed by atoms with E-state index in [1.54, 1.807) is 30.3 Å². The lowest BCUT2D eigenvalue weighted by molar-refractivity contribution is 0.0704. The molecule has 27 heavy (non-hydrogen) atoms. The van der Waals surface area contributed by atoms with Crippen LogP contribution >= 0.6 is 0 Å². The number of carbonyl (C=O) groups is 1. The van der Waals surface area contributed by atoms with Crippen LogP contribution in [-0.2, 0) is 6.54 Å². The number of aliphatic hydroxyl groups excluding tert-OH is 1. The number of aryl methyl sites for hydroxylation is 1. The summed E-state index contributed by atoms with van der Waals surface area (Å²) in [5.41, 5.74) is 2.44. The number of amides is 1. The number of carbonyl (C=O) groups excluding carboxylic acids is 1. The van der Waals surface area contributed by atoms with Crippen molar-refractivity contribution in [1.29, 1.82) is 0 Å². The second-order valence-corrected chi connectivity index (χ2v) is 6.37. The molecule has 0 atom stereocenters. The molecule has 0 radical (unpaired) electrons. The van der Waals surface area contributed by atoms with Gasteiger partial charge in [-0.05, 0) is 42.6 Å². The standard InChI is InChI=1S/C21H22N2O4/c1-14-7-8-18-15(11-14)12-16(20(25)22-18)13-23(9-10-24)21(26)17-5-3-4-6-19(17)27-2/h3-8,11-12,24H,9-10,13H2,1-2H3,(H,22,25). The normalized spacial score (nSPS) is 10.8. The van der Waals surface area contributed by atoms with Crippen LogP contribution in [0.1, 0.15) is 21.5 Å². The van der Waals surface area contributed by atoms with Gasteiger partial charge in [-0.25, -0.2) is 0 Å². The smallest absolute Gasteiger partial charge is 0.258 e. The molecule has 2 N–H and O–H groups in total. The number of fused-ring (bicyclic) bond motifs is 1. The van der Waals surface area contributed by atoms with Crippen molar-refractivity contribution >= 4 is 16.8 Å². The molecule has 0 unspecified atom stereocenters. The summed E-state index contributed by atoms with van der Waals surface area (Å²) in [7, 11) is 1.50. The van der Waals surface area contributed by atoms with E-state index in [0.717, 1.165) is 16.5 Å².